The number of halogens is 3. The first-order valence-corrected chi connectivity index (χ1v) is 15.8. The average molecular weight is 639 g/mol. The Balaban J connectivity index is 2.07. The van der Waals surface area contributed by atoms with Crippen LogP contribution in [0.25, 0.3) is 0 Å². The van der Waals surface area contributed by atoms with Gasteiger partial charge >= 0.3 is 0 Å². The monoisotopic (exact) mass is 637 g/mol. The Morgan fingerprint density at radius 2 is 1.51 bits per heavy atom. The fraction of sp³-hybridized carbons (Fsp3) is 0.333. The molecule has 220 valence electrons. The summed E-state index contributed by atoms with van der Waals surface area (Å²) in [5.74, 6) is -0.887. The molecule has 7 nitrogen and oxygen atoms in total. The van der Waals surface area contributed by atoms with Crippen molar-refractivity contribution in [3.63, 3.8) is 0 Å². The van der Waals surface area contributed by atoms with Crippen LogP contribution in [0.15, 0.2) is 71.6 Å². The molecule has 0 aliphatic heterocycles. The Hall–Kier alpha value is -2.78. The zero-order chi connectivity index (χ0) is 30.3. The summed E-state index contributed by atoms with van der Waals surface area (Å²) in [6.45, 7) is 6.95. The van der Waals surface area contributed by atoms with Crippen LogP contribution in [0.5, 0.6) is 0 Å². The molecule has 1 N–H and O–H groups in total. The van der Waals surface area contributed by atoms with Gasteiger partial charge in [-0.2, -0.15) is 0 Å². The van der Waals surface area contributed by atoms with E-state index in [0.717, 1.165) is 9.87 Å². The van der Waals surface area contributed by atoms with Crippen LogP contribution in [-0.2, 0) is 26.2 Å². The first-order valence-electron chi connectivity index (χ1n) is 13.3. The highest BCUT2D eigenvalue weighted by atomic mass is 35.5. The van der Waals surface area contributed by atoms with Gasteiger partial charge in [-0.25, -0.2) is 8.42 Å². The van der Waals surface area contributed by atoms with Crippen LogP contribution in [0.3, 0.4) is 0 Å². The van der Waals surface area contributed by atoms with E-state index in [4.69, 9.17) is 34.8 Å². The van der Waals surface area contributed by atoms with E-state index in [1.165, 1.54) is 29.2 Å². The smallest absolute Gasteiger partial charge is 0.264 e. The summed E-state index contributed by atoms with van der Waals surface area (Å²) in [5.41, 5.74) is 1.79. The first-order chi connectivity index (χ1) is 19.4. The number of nitrogens with zero attached hydrogens (tertiary/aromatic N) is 2. The molecule has 0 aromatic heterocycles. The lowest BCUT2D eigenvalue weighted by atomic mass is 10.1. The minimum atomic E-state index is -4.17. The second-order valence-electron chi connectivity index (χ2n) is 9.81. The molecule has 0 spiro atoms. The molecule has 3 aromatic carbocycles. The van der Waals surface area contributed by atoms with Gasteiger partial charge in [-0.15, -0.1) is 0 Å². The number of aryl methyl sites for hydroxylation is 1. The van der Waals surface area contributed by atoms with Crippen molar-refractivity contribution in [1.82, 2.24) is 10.2 Å². The number of rotatable bonds is 12. The highest BCUT2D eigenvalue weighted by Crippen LogP contribution is 2.27. The van der Waals surface area contributed by atoms with Gasteiger partial charge in [0, 0.05) is 17.6 Å². The van der Waals surface area contributed by atoms with Gasteiger partial charge in [0.05, 0.1) is 20.6 Å². The number of anilines is 1. The third-order valence-corrected chi connectivity index (χ3v) is 9.51. The van der Waals surface area contributed by atoms with Crippen LogP contribution in [0.2, 0.25) is 15.1 Å². The molecule has 0 saturated carbocycles. The van der Waals surface area contributed by atoms with Crippen LogP contribution in [0.4, 0.5) is 5.69 Å². The van der Waals surface area contributed by atoms with Gasteiger partial charge in [-0.05, 0) is 80.8 Å². The topological polar surface area (TPSA) is 86.8 Å². The maximum atomic E-state index is 14.1. The van der Waals surface area contributed by atoms with Crippen molar-refractivity contribution in [2.75, 3.05) is 10.8 Å². The number of nitrogens with one attached hydrogen (secondary N) is 1. The van der Waals surface area contributed by atoms with Gasteiger partial charge < -0.3 is 10.2 Å². The van der Waals surface area contributed by atoms with Crippen molar-refractivity contribution in [3.8, 4) is 0 Å². The highest BCUT2D eigenvalue weighted by molar-refractivity contribution is 7.92. The Kier molecular flexibility index (Phi) is 11.5. The van der Waals surface area contributed by atoms with E-state index >= 15 is 0 Å². The van der Waals surface area contributed by atoms with Crippen molar-refractivity contribution < 1.29 is 18.0 Å². The summed E-state index contributed by atoms with van der Waals surface area (Å²) in [7, 11) is -4.17. The summed E-state index contributed by atoms with van der Waals surface area (Å²) in [6.07, 6.45) is 1.02. The van der Waals surface area contributed by atoms with E-state index in [2.05, 4.69) is 5.32 Å². The lowest BCUT2D eigenvalue weighted by molar-refractivity contribution is -0.140. The predicted molar refractivity (Wildman–Crippen MR) is 166 cm³/mol. The van der Waals surface area contributed by atoms with Gasteiger partial charge in [0.2, 0.25) is 11.8 Å². The lowest BCUT2D eigenvalue weighted by Gasteiger charge is -2.33. The van der Waals surface area contributed by atoms with E-state index in [-0.39, 0.29) is 29.1 Å². The number of sulfonamides is 1. The average Bonchev–Trinajstić information content (AvgIpc) is 2.94. The van der Waals surface area contributed by atoms with E-state index in [1.54, 1.807) is 49.4 Å². The van der Waals surface area contributed by atoms with Gasteiger partial charge in [-0.1, -0.05) is 72.4 Å². The molecular weight excluding hydrogens is 605 g/mol. The molecule has 11 heteroatoms. The van der Waals surface area contributed by atoms with Crippen LogP contribution >= 0.6 is 34.8 Å². The largest absolute Gasteiger partial charge is 0.352 e. The summed E-state index contributed by atoms with van der Waals surface area (Å²) >= 11 is 18.4. The zero-order valence-electron chi connectivity index (χ0n) is 23.4. The third kappa shape index (κ3) is 8.38. The number of hydrogen-bond acceptors (Lipinski definition) is 4. The van der Waals surface area contributed by atoms with Crippen molar-refractivity contribution >= 4 is 62.3 Å². The van der Waals surface area contributed by atoms with Crippen LogP contribution in [0, 0.1) is 6.92 Å². The molecule has 0 radical (unpaired) electrons. The van der Waals surface area contributed by atoms with Gasteiger partial charge in [0.25, 0.3) is 10.0 Å². The second kappa shape index (κ2) is 14.4. The van der Waals surface area contributed by atoms with Crippen molar-refractivity contribution in [1.29, 1.82) is 0 Å². The minimum absolute atomic E-state index is 0.0151. The Morgan fingerprint density at radius 3 is 2.07 bits per heavy atom. The van der Waals surface area contributed by atoms with Crippen molar-refractivity contribution in [3.05, 3.63) is 92.9 Å². The lowest BCUT2D eigenvalue weighted by Crippen LogP contribution is -2.53. The summed E-state index contributed by atoms with van der Waals surface area (Å²) in [5, 5.41) is 4.03. The molecule has 0 heterocycles. The molecule has 3 aromatic rings. The Labute approximate surface area is 257 Å². The quantitative estimate of drug-likeness (QED) is 0.235. The van der Waals surface area contributed by atoms with Crippen LogP contribution < -0.4 is 9.62 Å². The third-order valence-electron chi connectivity index (χ3n) is 6.73. The second-order valence-corrected chi connectivity index (χ2v) is 12.9. The molecule has 2 atom stereocenters. The fourth-order valence-electron chi connectivity index (χ4n) is 4.17. The number of carbonyl (C=O) groups is 2. The molecule has 0 unspecified atom stereocenters. The number of hydrogen-bond donors (Lipinski definition) is 1. The number of carbonyl (C=O) groups excluding carboxylic acids is 2. The molecule has 0 aliphatic rings. The zero-order valence-corrected chi connectivity index (χ0v) is 26.5. The molecular formula is C30H34Cl3N3O4S. The van der Waals surface area contributed by atoms with Gasteiger partial charge in [-0.3, -0.25) is 13.9 Å². The standard InChI is InChI=1S/C30H34Cl3N3O4S/c1-5-21(4)34-30(38)28(6-2)35(18-22-9-16-26(32)27(33)17-22)29(37)19-36(24-12-10-23(31)11-13-24)41(39,40)25-14-7-20(3)8-15-25/h7-17,21,28H,5-6,18-19H2,1-4H3,(H,34,38)/t21-,28-/m1/s1. The fourth-order valence-corrected chi connectivity index (χ4v) is 6.03. The van der Waals surface area contributed by atoms with Crippen molar-refractivity contribution in [2.24, 2.45) is 0 Å². The maximum Gasteiger partial charge on any atom is 0.264 e. The van der Waals surface area contributed by atoms with Gasteiger partial charge in [0.1, 0.15) is 12.6 Å². The summed E-state index contributed by atoms with van der Waals surface area (Å²) < 4.78 is 28.8. The maximum absolute atomic E-state index is 14.1. The normalized spacial score (nSPS) is 12.9. The van der Waals surface area contributed by atoms with E-state index in [0.29, 0.717) is 33.5 Å². The molecule has 0 aliphatic carbocycles. The molecule has 0 saturated heterocycles. The molecule has 3 rings (SSSR count). The Bertz CT molecular complexity index is 1470. The number of benzene rings is 3. The summed E-state index contributed by atoms with van der Waals surface area (Å²) in [4.78, 5) is 28.9. The molecule has 41 heavy (non-hydrogen) atoms. The molecule has 0 fully saturated rings. The minimum Gasteiger partial charge on any atom is -0.352 e. The predicted octanol–water partition coefficient (Wildman–Crippen LogP) is 6.87. The van der Waals surface area contributed by atoms with E-state index in [1.807, 2.05) is 20.8 Å². The molecule has 0 bridgehead atoms. The first kappa shape index (κ1) is 32.7. The van der Waals surface area contributed by atoms with E-state index in [9.17, 15) is 18.0 Å². The van der Waals surface area contributed by atoms with Crippen molar-refractivity contribution in [2.45, 2.75) is 64.1 Å². The number of amides is 2. The SMILES string of the molecule is CC[C@@H](C)NC(=O)[C@@H](CC)N(Cc1ccc(Cl)c(Cl)c1)C(=O)CN(c1ccc(Cl)cc1)S(=O)(=O)c1ccc(C)cc1. The van der Waals surface area contributed by atoms with Gasteiger partial charge in [0.15, 0.2) is 0 Å². The van der Waals surface area contributed by atoms with Crippen LogP contribution in [-0.4, -0.2) is 43.8 Å². The van der Waals surface area contributed by atoms with E-state index < -0.39 is 28.5 Å². The summed E-state index contributed by atoms with van der Waals surface area (Å²) in [6, 6.07) is 16.6. The van der Waals surface area contributed by atoms with Crippen LogP contribution in [0.1, 0.15) is 44.7 Å². The molecule has 2 amide bonds. The Morgan fingerprint density at radius 1 is 0.878 bits per heavy atom. The highest BCUT2D eigenvalue weighted by Gasteiger charge is 2.34.